The number of aromatic hydroxyl groups is 1. The molecular formula is C26H29N5O2S. The number of rotatable bonds is 4. The predicted octanol–water partition coefficient (Wildman–Crippen LogP) is 4.51. The van der Waals surface area contributed by atoms with Crippen molar-refractivity contribution < 1.29 is 9.84 Å². The number of fused-ring (bicyclic) bond motifs is 3. The van der Waals surface area contributed by atoms with Crippen LogP contribution in [0.5, 0.6) is 11.6 Å². The highest BCUT2D eigenvalue weighted by atomic mass is 32.2. The summed E-state index contributed by atoms with van der Waals surface area (Å²) in [6.07, 6.45) is 8.00. The van der Waals surface area contributed by atoms with E-state index in [1.165, 1.54) is 32.1 Å². The van der Waals surface area contributed by atoms with Gasteiger partial charge in [0.05, 0.1) is 17.7 Å². The van der Waals surface area contributed by atoms with Gasteiger partial charge in [0, 0.05) is 48.2 Å². The number of methoxy groups -OCH3 is 1. The SMILES string of the molecule is COc1cc(-c2ccc(-c3cc4c(nn3)N([C@H]3CC5CCC[C@H](C3)N5)CCS4)c(O)c2)ccn1. The Hall–Kier alpha value is -2.84. The number of nitrogens with one attached hydrogen (secondary N) is 1. The number of pyridine rings is 1. The molecule has 176 valence electrons. The normalized spacial score (nSPS) is 23.9. The first-order valence-corrected chi connectivity index (χ1v) is 13.0. The third kappa shape index (κ3) is 4.09. The molecule has 2 N–H and O–H groups in total. The highest BCUT2D eigenvalue weighted by Gasteiger charge is 2.36. The van der Waals surface area contributed by atoms with Gasteiger partial charge in [-0.05, 0) is 61.1 Å². The summed E-state index contributed by atoms with van der Waals surface area (Å²) in [5.41, 5.74) is 3.22. The lowest BCUT2D eigenvalue weighted by atomic mass is 9.83. The molecule has 3 aliphatic heterocycles. The molecule has 2 bridgehead atoms. The molecule has 3 aromatic rings. The molecule has 0 aliphatic carbocycles. The molecule has 2 saturated heterocycles. The Balaban J connectivity index is 1.27. The van der Waals surface area contributed by atoms with E-state index in [0.717, 1.165) is 34.1 Å². The van der Waals surface area contributed by atoms with Gasteiger partial charge in [0.15, 0.2) is 5.82 Å². The smallest absolute Gasteiger partial charge is 0.213 e. The van der Waals surface area contributed by atoms with Gasteiger partial charge < -0.3 is 20.1 Å². The minimum absolute atomic E-state index is 0.186. The van der Waals surface area contributed by atoms with Gasteiger partial charge in [-0.2, -0.15) is 0 Å². The molecule has 0 spiro atoms. The van der Waals surface area contributed by atoms with Crippen LogP contribution in [-0.4, -0.2) is 57.8 Å². The molecule has 3 aliphatic rings. The van der Waals surface area contributed by atoms with Crippen LogP contribution < -0.4 is 15.0 Å². The molecule has 2 aromatic heterocycles. The van der Waals surface area contributed by atoms with Crippen LogP contribution in [0.15, 0.2) is 47.5 Å². The van der Waals surface area contributed by atoms with Crippen LogP contribution in [0, 0.1) is 0 Å². The fraction of sp³-hybridized carbons (Fsp3) is 0.423. The zero-order valence-corrected chi connectivity index (χ0v) is 20.1. The quantitative estimate of drug-likeness (QED) is 0.571. The molecular weight excluding hydrogens is 446 g/mol. The van der Waals surface area contributed by atoms with Crippen LogP contribution in [0.1, 0.15) is 32.1 Å². The van der Waals surface area contributed by atoms with Crippen LogP contribution in [0.3, 0.4) is 0 Å². The van der Waals surface area contributed by atoms with E-state index in [9.17, 15) is 5.11 Å². The lowest BCUT2D eigenvalue weighted by Crippen LogP contribution is -2.55. The molecule has 2 fully saturated rings. The van der Waals surface area contributed by atoms with Gasteiger partial charge in [-0.3, -0.25) is 0 Å². The molecule has 7 nitrogen and oxygen atoms in total. The second-order valence-corrected chi connectivity index (χ2v) is 10.5. The molecule has 34 heavy (non-hydrogen) atoms. The zero-order chi connectivity index (χ0) is 23.1. The average molecular weight is 476 g/mol. The van der Waals surface area contributed by atoms with Crippen molar-refractivity contribution in [3.05, 3.63) is 42.6 Å². The van der Waals surface area contributed by atoms with Crippen LogP contribution in [0.25, 0.3) is 22.4 Å². The van der Waals surface area contributed by atoms with E-state index in [4.69, 9.17) is 4.74 Å². The number of thioether (sulfide) groups is 1. The fourth-order valence-electron chi connectivity index (χ4n) is 5.64. The Kier molecular flexibility index (Phi) is 5.79. The largest absolute Gasteiger partial charge is 0.507 e. The van der Waals surface area contributed by atoms with E-state index >= 15 is 0 Å². The molecule has 5 heterocycles. The Labute approximate surface area is 204 Å². The van der Waals surface area contributed by atoms with Crippen LogP contribution in [-0.2, 0) is 0 Å². The highest BCUT2D eigenvalue weighted by Crippen LogP contribution is 2.40. The fourth-order valence-corrected chi connectivity index (χ4v) is 6.63. The molecule has 0 radical (unpaired) electrons. The summed E-state index contributed by atoms with van der Waals surface area (Å²) in [7, 11) is 1.59. The number of hydrogen-bond acceptors (Lipinski definition) is 8. The van der Waals surface area contributed by atoms with Crippen molar-refractivity contribution in [3.8, 4) is 34.0 Å². The number of ether oxygens (including phenoxy) is 1. The van der Waals surface area contributed by atoms with Crippen molar-refractivity contribution in [2.24, 2.45) is 0 Å². The zero-order valence-electron chi connectivity index (χ0n) is 19.3. The lowest BCUT2D eigenvalue weighted by Gasteiger charge is -2.46. The Morgan fingerprint density at radius 1 is 1.06 bits per heavy atom. The second-order valence-electron chi connectivity index (χ2n) is 9.39. The van der Waals surface area contributed by atoms with E-state index in [1.807, 2.05) is 36.0 Å². The molecule has 8 heteroatoms. The number of aromatic nitrogens is 3. The summed E-state index contributed by atoms with van der Waals surface area (Å²) in [5.74, 6) is 2.78. The second kappa shape index (κ2) is 9.07. The molecule has 3 atom stereocenters. The maximum absolute atomic E-state index is 10.8. The van der Waals surface area contributed by atoms with E-state index in [0.29, 0.717) is 35.3 Å². The van der Waals surface area contributed by atoms with E-state index < -0.39 is 0 Å². The number of benzene rings is 1. The topological polar surface area (TPSA) is 83.4 Å². The number of phenols is 1. The minimum Gasteiger partial charge on any atom is -0.507 e. The summed E-state index contributed by atoms with van der Waals surface area (Å²) in [5, 5.41) is 23.9. The number of anilines is 1. The van der Waals surface area contributed by atoms with Crippen molar-refractivity contribution in [1.29, 1.82) is 0 Å². The Morgan fingerprint density at radius 2 is 1.88 bits per heavy atom. The van der Waals surface area contributed by atoms with Gasteiger partial charge in [-0.15, -0.1) is 22.0 Å². The van der Waals surface area contributed by atoms with Crippen LogP contribution in [0.2, 0.25) is 0 Å². The third-order valence-electron chi connectivity index (χ3n) is 7.28. The highest BCUT2D eigenvalue weighted by molar-refractivity contribution is 7.99. The maximum atomic E-state index is 10.8. The standard InChI is InChI=1S/C26H29N5O2S/c1-33-25-12-17(7-8-27-25)16-5-6-21(23(32)11-16)22-15-24-26(30-29-22)31(9-10-34-24)20-13-18-3-2-4-19(14-20)28-18/h5-8,11-12,15,18-20,28,32H,2-4,9-10,13-14H2,1H3/t18-,19?,20-/m1/s1. The van der Waals surface area contributed by atoms with Gasteiger partial charge in [-0.1, -0.05) is 12.5 Å². The third-order valence-corrected chi connectivity index (χ3v) is 8.28. The molecule has 6 rings (SSSR count). The Morgan fingerprint density at radius 3 is 2.68 bits per heavy atom. The lowest BCUT2D eigenvalue weighted by molar-refractivity contribution is 0.216. The first-order chi connectivity index (χ1) is 16.7. The molecule has 1 unspecified atom stereocenters. The summed E-state index contributed by atoms with van der Waals surface area (Å²) in [4.78, 5) is 7.80. The summed E-state index contributed by atoms with van der Waals surface area (Å²) < 4.78 is 5.22. The first-order valence-electron chi connectivity index (χ1n) is 12.0. The number of piperidine rings is 2. The number of phenolic OH excluding ortho intramolecular Hbond substituents is 1. The molecule has 0 amide bonds. The van der Waals surface area contributed by atoms with Gasteiger partial charge in [0.2, 0.25) is 5.88 Å². The summed E-state index contributed by atoms with van der Waals surface area (Å²) >= 11 is 1.83. The van der Waals surface area contributed by atoms with Gasteiger partial charge >= 0.3 is 0 Å². The minimum atomic E-state index is 0.186. The van der Waals surface area contributed by atoms with Crippen molar-refractivity contribution in [2.75, 3.05) is 24.3 Å². The summed E-state index contributed by atoms with van der Waals surface area (Å²) in [6.45, 7) is 1.02. The van der Waals surface area contributed by atoms with Crippen molar-refractivity contribution in [1.82, 2.24) is 20.5 Å². The Bertz CT molecular complexity index is 1190. The van der Waals surface area contributed by atoms with Crippen molar-refractivity contribution >= 4 is 17.6 Å². The summed E-state index contributed by atoms with van der Waals surface area (Å²) in [6, 6.07) is 13.3. The average Bonchev–Trinajstić information content (AvgIpc) is 2.87. The maximum Gasteiger partial charge on any atom is 0.213 e. The van der Waals surface area contributed by atoms with Crippen LogP contribution >= 0.6 is 11.8 Å². The predicted molar refractivity (Wildman–Crippen MR) is 135 cm³/mol. The van der Waals surface area contributed by atoms with E-state index in [2.05, 4.69) is 31.5 Å². The monoisotopic (exact) mass is 475 g/mol. The van der Waals surface area contributed by atoms with Crippen molar-refractivity contribution in [2.45, 2.75) is 55.1 Å². The molecule has 0 saturated carbocycles. The number of hydrogen-bond donors (Lipinski definition) is 2. The number of nitrogens with zero attached hydrogens (tertiary/aromatic N) is 4. The first kappa shape index (κ1) is 21.7. The van der Waals surface area contributed by atoms with E-state index in [1.54, 1.807) is 19.4 Å². The van der Waals surface area contributed by atoms with Gasteiger partial charge in [-0.25, -0.2) is 4.98 Å². The van der Waals surface area contributed by atoms with Crippen molar-refractivity contribution in [3.63, 3.8) is 0 Å². The van der Waals surface area contributed by atoms with Crippen LogP contribution in [0.4, 0.5) is 5.82 Å². The van der Waals surface area contributed by atoms with E-state index in [-0.39, 0.29) is 5.75 Å². The van der Waals surface area contributed by atoms with Gasteiger partial charge in [0.1, 0.15) is 5.75 Å². The van der Waals surface area contributed by atoms with Gasteiger partial charge in [0.25, 0.3) is 0 Å². The molecule has 1 aromatic carbocycles.